The molecule has 0 bridgehead atoms. The van der Waals surface area contributed by atoms with Crippen molar-refractivity contribution in [3.8, 4) is 6.07 Å². The van der Waals surface area contributed by atoms with Crippen LogP contribution in [0, 0.1) is 11.3 Å². The van der Waals surface area contributed by atoms with Crippen LogP contribution in [0.25, 0.3) is 0 Å². The number of nitrogens with one attached hydrogen (secondary N) is 1. The van der Waals surface area contributed by atoms with Crippen LogP contribution in [0.2, 0.25) is 10.0 Å². The average molecular weight is 289 g/mol. The van der Waals surface area contributed by atoms with E-state index >= 15 is 0 Å². The number of nitriles is 1. The predicted octanol–water partition coefficient (Wildman–Crippen LogP) is 3.58. The number of carbonyl (C=O) groups is 1. The van der Waals surface area contributed by atoms with Gasteiger partial charge in [0.15, 0.2) is 0 Å². The molecule has 1 N–H and O–H groups in total. The molecule has 0 spiro atoms. The van der Waals surface area contributed by atoms with Crippen LogP contribution in [0.1, 0.15) is 6.42 Å². The topological polar surface area (TPSA) is 52.9 Å². The van der Waals surface area contributed by atoms with Crippen LogP contribution in [0.15, 0.2) is 18.2 Å². The van der Waals surface area contributed by atoms with Gasteiger partial charge < -0.3 is 5.32 Å². The minimum atomic E-state index is -0.142. The number of hydrogen-bond donors (Lipinski definition) is 1. The number of nitrogens with zero attached hydrogens (tertiary/aromatic N) is 1. The van der Waals surface area contributed by atoms with E-state index in [2.05, 4.69) is 5.32 Å². The summed E-state index contributed by atoms with van der Waals surface area (Å²) < 4.78 is 0. The molecule has 0 fully saturated rings. The van der Waals surface area contributed by atoms with Gasteiger partial charge in [0.1, 0.15) is 0 Å². The average Bonchev–Trinajstić information content (AvgIpc) is 2.28. The Morgan fingerprint density at radius 3 is 2.88 bits per heavy atom. The van der Waals surface area contributed by atoms with Crippen LogP contribution in [-0.2, 0) is 4.79 Å². The number of amides is 1. The fourth-order valence-corrected chi connectivity index (χ4v) is 2.15. The first-order valence-electron chi connectivity index (χ1n) is 4.83. The Morgan fingerprint density at radius 2 is 2.24 bits per heavy atom. The first kappa shape index (κ1) is 14.2. The summed E-state index contributed by atoms with van der Waals surface area (Å²) in [5.74, 6) is 0.816. The molecular weight excluding hydrogens is 279 g/mol. The van der Waals surface area contributed by atoms with Gasteiger partial charge in [-0.1, -0.05) is 23.2 Å². The molecule has 0 atom stereocenters. The standard InChI is InChI=1S/C11H10Cl2N2OS/c12-8-2-3-10(9(13)6-8)15-11(16)7-17-5-1-4-14/h2-3,6H,1,5,7H2,(H,15,16). The van der Waals surface area contributed by atoms with Crippen molar-refractivity contribution in [3.63, 3.8) is 0 Å². The monoisotopic (exact) mass is 288 g/mol. The minimum absolute atomic E-state index is 0.142. The summed E-state index contributed by atoms with van der Waals surface area (Å²) >= 11 is 13.1. The lowest BCUT2D eigenvalue weighted by Gasteiger charge is -2.06. The summed E-state index contributed by atoms with van der Waals surface area (Å²) in [4.78, 5) is 11.5. The zero-order chi connectivity index (χ0) is 12.7. The smallest absolute Gasteiger partial charge is 0.234 e. The van der Waals surface area contributed by atoms with Crippen molar-refractivity contribution >= 4 is 46.6 Å². The van der Waals surface area contributed by atoms with E-state index in [0.29, 0.717) is 33.7 Å². The highest BCUT2D eigenvalue weighted by atomic mass is 35.5. The van der Waals surface area contributed by atoms with E-state index in [1.807, 2.05) is 6.07 Å². The van der Waals surface area contributed by atoms with Crippen LogP contribution in [0.3, 0.4) is 0 Å². The Bertz CT molecular complexity index is 446. The minimum Gasteiger partial charge on any atom is -0.324 e. The van der Waals surface area contributed by atoms with Crippen molar-refractivity contribution in [2.75, 3.05) is 16.8 Å². The highest BCUT2D eigenvalue weighted by Gasteiger charge is 2.06. The molecule has 0 heterocycles. The number of carbonyl (C=O) groups excluding carboxylic acids is 1. The largest absolute Gasteiger partial charge is 0.324 e. The Hall–Kier alpha value is -0.890. The summed E-state index contributed by atoms with van der Waals surface area (Å²) in [5, 5.41) is 12.0. The van der Waals surface area contributed by atoms with Gasteiger partial charge in [0, 0.05) is 17.2 Å². The molecule has 3 nitrogen and oxygen atoms in total. The Labute approximate surface area is 114 Å². The maximum Gasteiger partial charge on any atom is 0.234 e. The van der Waals surface area contributed by atoms with Crippen molar-refractivity contribution in [2.24, 2.45) is 0 Å². The molecule has 0 aliphatic heterocycles. The number of halogens is 2. The molecule has 17 heavy (non-hydrogen) atoms. The summed E-state index contributed by atoms with van der Waals surface area (Å²) in [6.45, 7) is 0. The van der Waals surface area contributed by atoms with Crippen molar-refractivity contribution in [1.29, 1.82) is 5.26 Å². The van der Waals surface area contributed by atoms with Crippen LogP contribution >= 0.6 is 35.0 Å². The summed E-state index contributed by atoms with van der Waals surface area (Å²) in [7, 11) is 0. The molecule has 0 saturated heterocycles. The number of rotatable bonds is 5. The second-order valence-corrected chi connectivity index (χ2v) is 5.08. The van der Waals surface area contributed by atoms with Crippen LogP contribution < -0.4 is 5.32 Å². The maximum absolute atomic E-state index is 11.5. The third kappa shape index (κ3) is 5.31. The Balaban J connectivity index is 2.43. The third-order valence-electron chi connectivity index (χ3n) is 1.80. The zero-order valence-electron chi connectivity index (χ0n) is 8.87. The molecule has 1 aromatic carbocycles. The summed E-state index contributed by atoms with van der Waals surface area (Å²) in [6, 6.07) is 6.90. The zero-order valence-corrected chi connectivity index (χ0v) is 11.2. The van der Waals surface area contributed by atoms with Gasteiger partial charge in [-0.15, -0.1) is 0 Å². The second-order valence-electron chi connectivity index (χ2n) is 3.13. The molecular formula is C11H10Cl2N2OS. The van der Waals surface area contributed by atoms with Crippen LogP contribution in [0.4, 0.5) is 5.69 Å². The third-order valence-corrected chi connectivity index (χ3v) is 3.30. The fourth-order valence-electron chi connectivity index (χ4n) is 1.06. The first-order valence-corrected chi connectivity index (χ1v) is 6.74. The molecule has 0 unspecified atom stereocenters. The molecule has 1 amide bonds. The normalized spacial score (nSPS) is 9.71. The fraction of sp³-hybridized carbons (Fsp3) is 0.273. The van der Waals surface area contributed by atoms with Gasteiger partial charge in [-0.25, -0.2) is 0 Å². The van der Waals surface area contributed by atoms with E-state index in [0.717, 1.165) is 0 Å². The molecule has 1 rings (SSSR count). The number of anilines is 1. The van der Waals surface area contributed by atoms with Crippen molar-refractivity contribution in [1.82, 2.24) is 0 Å². The molecule has 0 aromatic heterocycles. The molecule has 0 aliphatic rings. The molecule has 90 valence electrons. The van der Waals surface area contributed by atoms with E-state index in [1.54, 1.807) is 18.2 Å². The van der Waals surface area contributed by atoms with Gasteiger partial charge >= 0.3 is 0 Å². The quantitative estimate of drug-likeness (QED) is 0.843. The SMILES string of the molecule is N#CCCSCC(=O)Nc1ccc(Cl)cc1Cl. The van der Waals surface area contributed by atoms with Crippen molar-refractivity contribution in [3.05, 3.63) is 28.2 Å². The lowest BCUT2D eigenvalue weighted by atomic mass is 10.3. The predicted molar refractivity (Wildman–Crippen MR) is 72.6 cm³/mol. The highest BCUT2D eigenvalue weighted by molar-refractivity contribution is 7.99. The number of thioether (sulfide) groups is 1. The van der Waals surface area contributed by atoms with Gasteiger partial charge in [0.25, 0.3) is 0 Å². The highest BCUT2D eigenvalue weighted by Crippen LogP contribution is 2.25. The van der Waals surface area contributed by atoms with Gasteiger partial charge in [-0.2, -0.15) is 17.0 Å². The molecule has 0 aliphatic carbocycles. The Morgan fingerprint density at radius 1 is 1.47 bits per heavy atom. The lowest BCUT2D eigenvalue weighted by Crippen LogP contribution is -2.14. The van der Waals surface area contributed by atoms with E-state index in [9.17, 15) is 4.79 Å². The van der Waals surface area contributed by atoms with Crippen molar-refractivity contribution in [2.45, 2.75) is 6.42 Å². The molecule has 1 aromatic rings. The number of hydrogen-bond acceptors (Lipinski definition) is 3. The van der Waals surface area contributed by atoms with E-state index in [-0.39, 0.29) is 5.91 Å². The molecule has 0 radical (unpaired) electrons. The van der Waals surface area contributed by atoms with E-state index in [1.165, 1.54) is 11.8 Å². The van der Waals surface area contributed by atoms with Crippen LogP contribution in [0.5, 0.6) is 0 Å². The first-order chi connectivity index (χ1) is 8.13. The van der Waals surface area contributed by atoms with Gasteiger partial charge in [-0.05, 0) is 18.2 Å². The van der Waals surface area contributed by atoms with Crippen LogP contribution in [-0.4, -0.2) is 17.4 Å². The van der Waals surface area contributed by atoms with Gasteiger partial charge in [0.05, 0.1) is 22.5 Å². The second kappa shape index (κ2) is 7.44. The number of benzene rings is 1. The maximum atomic E-state index is 11.5. The molecule has 0 saturated carbocycles. The van der Waals surface area contributed by atoms with Gasteiger partial charge in [-0.3, -0.25) is 4.79 Å². The van der Waals surface area contributed by atoms with Crippen molar-refractivity contribution < 1.29 is 4.79 Å². The summed E-state index contributed by atoms with van der Waals surface area (Å²) in [6.07, 6.45) is 0.444. The van der Waals surface area contributed by atoms with E-state index < -0.39 is 0 Å². The summed E-state index contributed by atoms with van der Waals surface area (Å²) in [5.41, 5.74) is 0.543. The lowest BCUT2D eigenvalue weighted by molar-refractivity contribution is -0.113. The Kier molecular flexibility index (Phi) is 6.20. The van der Waals surface area contributed by atoms with Gasteiger partial charge in [0.2, 0.25) is 5.91 Å². The van der Waals surface area contributed by atoms with E-state index in [4.69, 9.17) is 28.5 Å². The molecule has 6 heteroatoms.